The molecule has 122 valence electrons. The van der Waals surface area contributed by atoms with Gasteiger partial charge in [0.25, 0.3) is 0 Å². The Hall–Kier alpha value is -2.77. The first kappa shape index (κ1) is 16.6. The number of alkyl halides is 2. The molecule has 1 amide bonds. The maximum atomic E-state index is 13.4. The van der Waals surface area contributed by atoms with Gasteiger partial charge in [-0.3, -0.25) is 4.79 Å². The minimum absolute atomic E-state index is 0.0436. The molecule has 4 nitrogen and oxygen atoms in total. The highest BCUT2D eigenvalue weighted by molar-refractivity contribution is 5.93. The molecule has 2 aromatic carbocycles. The van der Waals surface area contributed by atoms with Crippen LogP contribution in [-0.2, 0) is 4.79 Å². The number of carbonyl (C=O) groups is 1. The molecule has 0 spiro atoms. The average molecular weight is 328 g/mol. The van der Waals surface area contributed by atoms with Crippen LogP contribution in [0.2, 0.25) is 0 Å². The third kappa shape index (κ3) is 5.17. The van der Waals surface area contributed by atoms with Crippen LogP contribution in [0, 0.1) is 11.6 Å². The molecule has 0 saturated heterocycles. The van der Waals surface area contributed by atoms with E-state index in [9.17, 15) is 22.4 Å². The third-order valence-electron chi connectivity index (χ3n) is 2.73. The van der Waals surface area contributed by atoms with Crippen LogP contribution in [0.3, 0.4) is 0 Å². The van der Waals surface area contributed by atoms with E-state index in [1.54, 1.807) is 0 Å². The van der Waals surface area contributed by atoms with Gasteiger partial charge >= 0.3 is 6.61 Å². The quantitative estimate of drug-likeness (QED) is 0.797. The summed E-state index contributed by atoms with van der Waals surface area (Å²) in [6.07, 6.45) is 0. The van der Waals surface area contributed by atoms with Crippen LogP contribution in [0.5, 0.6) is 5.75 Å². The summed E-state index contributed by atoms with van der Waals surface area (Å²) >= 11 is 0. The second-order valence-electron chi connectivity index (χ2n) is 4.43. The molecule has 0 aliphatic carbocycles. The number of halogens is 4. The zero-order chi connectivity index (χ0) is 16.8. The van der Waals surface area contributed by atoms with Crippen molar-refractivity contribution in [2.75, 3.05) is 17.2 Å². The van der Waals surface area contributed by atoms with E-state index in [1.807, 2.05) is 0 Å². The highest BCUT2D eigenvalue weighted by Gasteiger charge is 2.08. The molecule has 0 aromatic heterocycles. The van der Waals surface area contributed by atoms with E-state index in [0.717, 1.165) is 18.2 Å². The SMILES string of the molecule is O=C(CNc1cc(F)ccc1F)Nc1ccc(OC(F)F)cc1. The molecule has 0 radical (unpaired) electrons. The summed E-state index contributed by atoms with van der Waals surface area (Å²) in [7, 11) is 0. The van der Waals surface area contributed by atoms with Crippen molar-refractivity contribution >= 4 is 17.3 Å². The predicted molar refractivity (Wildman–Crippen MR) is 76.6 cm³/mol. The van der Waals surface area contributed by atoms with Gasteiger partial charge in [-0.25, -0.2) is 8.78 Å². The number of amides is 1. The number of benzene rings is 2. The van der Waals surface area contributed by atoms with Crippen LogP contribution in [0.25, 0.3) is 0 Å². The number of anilines is 2. The van der Waals surface area contributed by atoms with Gasteiger partial charge < -0.3 is 15.4 Å². The number of hydrogen-bond acceptors (Lipinski definition) is 3. The molecular formula is C15H12F4N2O2. The zero-order valence-corrected chi connectivity index (χ0v) is 11.7. The van der Waals surface area contributed by atoms with Gasteiger partial charge in [-0.2, -0.15) is 8.78 Å². The summed E-state index contributed by atoms with van der Waals surface area (Å²) in [6, 6.07) is 8.11. The van der Waals surface area contributed by atoms with Crippen molar-refractivity contribution in [2.45, 2.75) is 6.61 Å². The minimum atomic E-state index is -2.93. The lowest BCUT2D eigenvalue weighted by Crippen LogP contribution is -2.22. The van der Waals surface area contributed by atoms with E-state index in [0.29, 0.717) is 5.69 Å². The van der Waals surface area contributed by atoms with E-state index in [4.69, 9.17) is 0 Å². The summed E-state index contributed by atoms with van der Waals surface area (Å²) in [4.78, 5) is 11.7. The first-order valence-corrected chi connectivity index (χ1v) is 6.47. The smallest absolute Gasteiger partial charge is 0.387 e. The molecule has 23 heavy (non-hydrogen) atoms. The molecule has 0 heterocycles. The summed E-state index contributed by atoms with van der Waals surface area (Å²) in [5, 5.41) is 4.93. The maximum absolute atomic E-state index is 13.4. The molecule has 0 fully saturated rings. The highest BCUT2D eigenvalue weighted by Crippen LogP contribution is 2.18. The molecule has 8 heteroatoms. The molecular weight excluding hydrogens is 316 g/mol. The van der Waals surface area contributed by atoms with E-state index in [1.165, 1.54) is 24.3 Å². The van der Waals surface area contributed by atoms with Crippen molar-refractivity contribution in [2.24, 2.45) is 0 Å². The summed E-state index contributed by atoms with van der Waals surface area (Å²) in [5.74, 6) is -1.88. The predicted octanol–water partition coefficient (Wildman–Crippen LogP) is 3.62. The van der Waals surface area contributed by atoms with Crippen molar-refractivity contribution < 1.29 is 27.1 Å². The van der Waals surface area contributed by atoms with Gasteiger partial charge in [0.1, 0.15) is 17.4 Å². The van der Waals surface area contributed by atoms with Crippen molar-refractivity contribution in [3.63, 3.8) is 0 Å². The maximum Gasteiger partial charge on any atom is 0.387 e. The molecule has 0 bridgehead atoms. The lowest BCUT2D eigenvalue weighted by atomic mass is 10.3. The Morgan fingerprint density at radius 2 is 1.78 bits per heavy atom. The normalized spacial score (nSPS) is 10.5. The largest absolute Gasteiger partial charge is 0.435 e. The van der Waals surface area contributed by atoms with Gasteiger partial charge in [-0.15, -0.1) is 0 Å². The molecule has 0 saturated carbocycles. The fourth-order valence-corrected chi connectivity index (χ4v) is 1.73. The number of carbonyl (C=O) groups excluding carboxylic acids is 1. The summed E-state index contributed by atoms with van der Waals surface area (Å²) < 4.78 is 54.5. The van der Waals surface area contributed by atoms with E-state index >= 15 is 0 Å². The van der Waals surface area contributed by atoms with Crippen LogP contribution < -0.4 is 15.4 Å². The Bertz CT molecular complexity index is 678. The van der Waals surface area contributed by atoms with Gasteiger partial charge in [0.05, 0.1) is 12.2 Å². The van der Waals surface area contributed by atoms with Crippen molar-refractivity contribution in [3.8, 4) is 5.75 Å². The summed E-state index contributed by atoms with van der Waals surface area (Å²) in [6.45, 7) is -3.23. The molecule has 0 atom stereocenters. The standard InChI is InChI=1S/C15H12F4N2O2/c16-9-1-6-12(17)13(7-9)20-8-14(22)21-10-2-4-11(5-3-10)23-15(18)19/h1-7,15,20H,8H2,(H,21,22). The van der Waals surface area contributed by atoms with Gasteiger partial charge in [-0.1, -0.05) is 0 Å². The van der Waals surface area contributed by atoms with E-state index in [2.05, 4.69) is 15.4 Å². The molecule has 0 aliphatic rings. The first-order chi connectivity index (χ1) is 10.9. The average Bonchev–Trinajstić information content (AvgIpc) is 2.50. The highest BCUT2D eigenvalue weighted by atomic mass is 19.3. The second kappa shape index (κ2) is 7.48. The summed E-state index contributed by atoms with van der Waals surface area (Å²) in [5.41, 5.74) is 0.207. The Morgan fingerprint density at radius 3 is 2.43 bits per heavy atom. The number of hydrogen-bond donors (Lipinski definition) is 2. The van der Waals surface area contributed by atoms with Crippen molar-refractivity contribution in [1.29, 1.82) is 0 Å². The zero-order valence-electron chi connectivity index (χ0n) is 11.7. The van der Waals surface area contributed by atoms with Crippen molar-refractivity contribution in [1.82, 2.24) is 0 Å². The van der Waals surface area contributed by atoms with Crippen LogP contribution in [0.15, 0.2) is 42.5 Å². The lowest BCUT2D eigenvalue weighted by Gasteiger charge is -2.09. The number of ether oxygens (including phenoxy) is 1. The Morgan fingerprint density at radius 1 is 1.09 bits per heavy atom. The third-order valence-corrected chi connectivity index (χ3v) is 2.73. The second-order valence-corrected chi connectivity index (χ2v) is 4.43. The molecule has 2 aromatic rings. The molecule has 2 rings (SSSR count). The van der Waals surface area contributed by atoms with Gasteiger partial charge in [-0.05, 0) is 42.5 Å². The molecule has 0 aliphatic heterocycles. The van der Waals surface area contributed by atoms with Gasteiger partial charge in [0.15, 0.2) is 0 Å². The Labute approximate surface area is 129 Å². The molecule has 2 N–H and O–H groups in total. The number of rotatable bonds is 6. The topological polar surface area (TPSA) is 50.4 Å². The van der Waals surface area contributed by atoms with E-state index in [-0.39, 0.29) is 18.0 Å². The molecule has 0 unspecified atom stereocenters. The van der Waals surface area contributed by atoms with Crippen LogP contribution in [0.4, 0.5) is 28.9 Å². The lowest BCUT2D eigenvalue weighted by molar-refractivity contribution is -0.114. The Balaban J connectivity index is 1.88. The van der Waals surface area contributed by atoms with Gasteiger partial charge in [0.2, 0.25) is 5.91 Å². The monoisotopic (exact) mass is 328 g/mol. The van der Waals surface area contributed by atoms with Crippen LogP contribution in [-0.4, -0.2) is 19.1 Å². The minimum Gasteiger partial charge on any atom is -0.435 e. The van der Waals surface area contributed by atoms with Gasteiger partial charge in [0, 0.05) is 5.69 Å². The van der Waals surface area contributed by atoms with Crippen molar-refractivity contribution in [3.05, 3.63) is 54.1 Å². The fraction of sp³-hybridized carbons (Fsp3) is 0.133. The van der Waals surface area contributed by atoms with Crippen LogP contribution >= 0.6 is 0 Å². The van der Waals surface area contributed by atoms with E-state index < -0.39 is 24.2 Å². The Kier molecular flexibility index (Phi) is 5.40. The fourth-order valence-electron chi connectivity index (χ4n) is 1.73. The first-order valence-electron chi connectivity index (χ1n) is 6.47. The van der Waals surface area contributed by atoms with Crippen LogP contribution in [0.1, 0.15) is 0 Å². The number of nitrogens with one attached hydrogen (secondary N) is 2.